The largest absolute Gasteiger partial charge is 0.494 e. The molecule has 0 fully saturated rings. The molecule has 296 valence electrons. The number of fused-ring (bicyclic) bond motifs is 2. The third-order valence-corrected chi connectivity index (χ3v) is 12.7. The molecule has 3 aliphatic rings. The molecule has 0 heterocycles. The number of hydrogen-bond donors (Lipinski definition) is 1. The summed E-state index contributed by atoms with van der Waals surface area (Å²) >= 11 is 0. The van der Waals surface area contributed by atoms with Crippen molar-refractivity contribution >= 4 is 31.9 Å². The minimum Gasteiger partial charge on any atom is -0.494 e. The Morgan fingerprint density at radius 1 is 0.873 bits per heavy atom. The fourth-order valence-electron chi connectivity index (χ4n) is 7.16. The Hall–Kier alpha value is -4.30. The Morgan fingerprint density at radius 3 is 2.02 bits per heavy atom. The molecule has 13 heteroatoms. The van der Waals surface area contributed by atoms with E-state index >= 15 is 0 Å². The van der Waals surface area contributed by atoms with E-state index in [-0.39, 0.29) is 45.0 Å². The van der Waals surface area contributed by atoms with E-state index in [1.54, 1.807) is 24.3 Å². The van der Waals surface area contributed by atoms with E-state index in [4.69, 9.17) is 17.8 Å². The minimum atomic E-state index is -4.53. The van der Waals surface area contributed by atoms with Crippen LogP contribution >= 0.6 is 0 Å². The van der Waals surface area contributed by atoms with Crippen LogP contribution in [-0.4, -0.2) is 61.0 Å². The molecule has 0 saturated heterocycles. The summed E-state index contributed by atoms with van der Waals surface area (Å²) < 4.78 is 79.1. The lowest BCUT2D eigenvalue weighted by molar-refractivity contribution is -0.119. The first-order valence-electron chi connectivity index (χ1n) is 18.4. The summed E-state index contributed by atoms with van der Waals surface area (Å²) in [5, 5.41) is 2.96. The lowest BCUT2D eigenvalue weighted by atomic mass is 9.86. The number of ketones is 1. The fraction of sp³-hybridized carbons (Fsp3) is 0.429. The van der Waals surface area contributed by atoms with Crippen LogP contribution in [0.2, 0.25) is 0 Å². The van der Waals surface area contributed by atoms with Crippen LogP contribution in [0.3, 0.4) is 0 Å². The Bertz CT molecular complexity index is 2210. The molecule has 0 bridgehead atoms. The third kappa shape index (κ3) is 8.75. The first-order chi connectivity index (χ1) is 25.8. The molecule has 1 N–H and O–H groups in total. The quantitative estimate of drug-likeness (QED) is 0.217. The summed E-state index contributed by atoms with van der Waals surface area (Å²) in [7, 11) is -6.02. The van der Waals surface area contributed by atoms with Crippen molar-refractivity contribution in [3.05, 3.63) is 117 Å². The second-order valence-electron chi connectivity index (χ2n) is 15.0. The SMILES string of the molecule is COC1=C(OS(=O)(=O)c2ccc(C)cc2)C=C2CCC(NC(C)=O)C3=CC(OS(=O)(=O)c4c(C(C)C)cc(C(C)C)cc4C(C)C)C(=O)C=CC3=C2C1OC. The van der Waals surface area contributed by atoms with Crippen LogP contribution in [0.4, 0.5) is 0 Å². The zero-order chi connectivity index (χ0) is 40.6. The molecule has 11 nitrogen and oxygen atoms in total. The highest BCUT2D eigenvalue weighted by atomic mass is 32.2. The van der Waals surface area contributed by atoms with E-state index in [1.165, 1.54) is 45.4 Å². The molecular weight excluding hydrogens is 743 g/mol. The van der Waals surface area contributed by atoms with Gasteiger partial charge < -0.3 is 19.0 Å². The average Bonchev–Trinajstić information content (AvgIpc) is 3.34. The number of hydrogen-bond acceptors (Lipinski definition) is 10. The molecule has 0 radical (unpaired) electrons. The van der Waals surface area contributed by atoms with Crippen molar-refractivity contribution in [3.63, 3.8) is 0 Å². The Labute approximate surface area is 325 Å². The van der Waals surface area contributed by atoms with Crippen LogP contribution in [-0.2, 0) is 47.7 Å². The topological polar surface area (TPSA) is 151 Å². The maximum Gasteiger partial charge on any atom is 0.339 e. The number of rotatable bonds is 12. The van der Waals surface area contributed by atoms with E-state index < -0.39 is 44.3 Å². The van der Waals surface area contributed by atoms with E-state index in [0.29, 0.717) is 46.3 Å². The lowest BCUT2D eigenvalue weighted by Gasteiger charge is -2.29. The summed E-state index contributed by atoms with van der Waals surface area (Å²) in [5.41, 5.74) is 5.16. The number of aryl methyl sites for hydroxylation is 1. The van der Waals surface area contributed by atoms with Gasteiger partial charge in [0, 0.05) is 14.0 Å². The molecule has 2 aromatic carbocycles. The predicted octanol–water partition coefficient (Wildman–Crippen LogP) is 7.32. The van der Waals surface area contributed by atoms with Crippen LogP contribution in [0.15, 0.2) is 104 Å². The van der Waals surface area contributed by atoms with Gasteiger partial charge >= 0.3 is 10.1 Å². The number of carbonyl (C=O) groups excluding carboxylic acids is 2. The zero-order valence-electron chi connectivity index (χ0n) is 33.1. The number of carbonyl (C=O) groups is 2. The molecule has 0 aliphatic heterocycles. The van der Waals surface area contributed by atoms with Crippen LogP contribution < -0.4 is 5.32 Å². The molecule has 1 amide bonds. The monoisotopic (exact) mass is 793 g/mol. The molecule has 3 aliphatic carbocycles. The number of allylic oxidation sites excluding steroid dienone is 2. The highest BCUT2D eigenvalue weighted by Gasteiger charge is 2.40. The highest BCUT2D eigenvalue weighted by molar-refractivity contribution is 7.87. The van der Waals surface area contributed by atoms with Gasteiger partial charge in [-0.2, -0.15) is 16.8 Å². The normalized spacial score (nSPS) is 20.5. The molecule has 3 atom stereocenters. The average molecular weight is 794 g/mol. The third-order valence-electron chi connectivity index (χ3n) is 10.0. The molecule has 0 aromatic heterocycles. The van der Waals surface area contributed by atoms with Gasteiger partial charge in [0.1, 0.15) is 15.9 Å². The summed E-state index contributed by atoms with van der Waals surface area (Å²) in [5.74, 6) is -1.16. The predicted molar refractivity (Wildman–Crippen MR) is 209 cm³/mol. The molecule has 2 aromatic rings. The summed E-state index contributed by atoms with van der Waals surface area (Å²) in [6.45, 7) is 15.0. The van der Waals surface area contributed by atoms with Gasteiger partial charge in [0.2, 0.25) is 5.91 Å². The Morgan fingerprint density at radius 2 is 1.49 bits per heavy atom. The maximum atomic E-state index is 14.4. The smallest absolute Gasteiger partial charge is 0.339 e. The van der Waals surface area contributed by atoms with Crippen molar-refractivity contribution in [3.8, 4) is 0 Å². The van der Waals surface area contributed by atoms with Gasteiger partial charge in [-0.3, -0.25) is 13.8 Å². The first kappa shape index (κ1) is 41.9. The van der Waals surface area contributed by atoms with Crippen LogP contribution in [0.25, 0.3) is 0 Å². The number of methoxy groups -OCH3 is 2. The number of benzene rings is 2. The van der Waals surface area contributed by atoms with Gasteiger partial charge in [-0.15, -0.1) is 0 Å². The van der Waals surface area contributed by atoms with Crippen molar-refractivity contribution in [2.45, 2.75) is 114 Å². The Kier molecular flexibility index (Phi) is 12.5. The van der Waals surface area contributed by atoms with Crippen molar-refractivity contribution in [1.82, 2.24) is 5.32 Å². The second kappa shape index (κ2) is 16.4. The van der Waals surface area contributed by atoms with E-state index in [2.05, 4.69) is 19.2 Å². The molecule has 0 saturated carbocycles. The molecule has 55 heavy (non-hydrogen) atoms. The van der Waals surface area contributed by atoms with E-state index in [9.17, 15) is 26.4 Å². The highest BCUT2D eigenvalue weighted by Crippen LogP contribution is 2.44. The summed E-state index contributed by atoms with van der Waals surface area (Å²) in [6.07, 6.45) is 3.87. The second-order valence-corrected chi connectivity index (χ2v) is 18.1. The number of amides is 1. The van der Waals surface area contributed by atoms with Gasteiger partial charge in [0.25, 0.3) is 10.1 Å². The molecule has 3 unspecified atom stereocenters. The van der Waals surface area contributed by atoms with Gasteiger partial charge in [-0.05, 0) is 107 Å². The minimum absolute atomic E-state index is 0.0440. The van der Waals surface area contributed by atoms with Crippen LogP contribution in [0, 0.1) is 6.92 Å². The van der Waals surface area contributed by atoms with Gasteiger partial charge in [0.05, 0.1) is 13.2 Å². The van der Waals surface area contributed by atoms with Gasteiger partial charge in [-0.1, -0.05) is 77.4 Å². The van der Waals surface area contributed by atoms with Gasteiger partial charge in [0.15, 0.2) is 23.4 Å². The molecule has 5 rings (SSSR count). The maximum absolute atomic E-state index is 14.4. The van der Waals surface area contributed by atoms with Crippen LogP contribution in [0.5, 0.6) is 0 Å². The van der Waals surface area contributed by atoms with Crippen molar-refractivity contribution < 1.29 is 44.3 Å². The Balaban J connectivity index is 1.66. The van der Waals surface area contributed by atoms with Gasteiger partial charge in [-0.25, -0.2) is 0 Å². The van der Waals surface area contributed by atoms with E-state index in [1.807, 2.05) is 46.8 Å². The molecule has 0 spiro atoms. The van der Waals surface area contributed by atoms with Crippen molar-refractivity contribution in [1.29, 1.82) is 0 Å². The van der Waals surface area contributed by atoms with E-state index in [0.717, 1.165) is 11.1 Å². The zero-order valence-corrected chi connectivity index (χ0v) is 34.7. The van der Waals surface area contributed by atoms with Crippen molar-refractivity contribution in [2.24, 2.45) is 0 Å². The van der Waals surface area contributed by atoms with Crippen LogP contribution in [0.1, 0.15) is 101 Å². The fourth-order valence-corrected chi connectivity index (χ4v) is 9.77. The molecular formula is C42H51NO10S2. The lowest BCUT2D eigenvalue weighted by Crippen LogP contribution is -2.35. The van der Waals surface area contributed by atoms with Crippen molar-refractivity contribution in [2.75, 3.05) is 14.2 Å². The first-order valence-corrected chi connectivity index (χ1v) is 21.2. The summed E-state index contributed by atoms with van der Waals surface area (Å²) in [4.78, 5) is 26.5. The number of nitrogens with one attached hydrogen (secondary N) is 1. The summed E-state index contributed by atoms with van der Waals surface area (Å²) in [6, 6.07) is 9.35. The number of ether oxygens (including phenoxy) is 2. The standard InChI is InChI=1S/C42H51NO10S2/c1-23(2)29-19-32(24(3)4)42(33(20-29)25(5)6)55(48,49)52-37-22-34-31(16-18-36(37)45)39-28(13-17-35(34)43-27(8)44)21-38(40(50-9)41(39)51-10)53-54(46,47)30-14-11-26(7)12-15-30/h11-12,14-16,18-25,35,37,41H,13,17H2,1-10H3,(H,43,44).